The molecule has 1 aromatic carbocycles. The monoisotopic (exact) mass is 264 g/mol. The number of rotatable bonds is 6. The Kier molecular flexibility index (Phi) is 5.03. The van der Waals surface area contributed by atoms with E-state index in [0.29, 0.717) is 31.0 Å². The highest BCUT2D eigenvalue weighted by molar-refractivity contribution is 5.76. The minimum atomic E-state index is 0.0107. The zero-order chi connectivity index (χ0) is 13.5. The molecule has 2 rings (SSSR count). The number of benzene rings is 1. The maximum absolute atomic E-state index is 11.6. The van der Waals surface area contributed by atoms with Gasteiger partial charge in [0.15, 0.2) is 0 Å². The molecule has 1 aliphatic heterocycles. The zero-order valence-electron chi connectivity index (χ0n) is 10.9. The molecule has 104 valence electrons. The molecule has 0 aromatic heterocycles. The van der Waals surface area contributed by atoms with Gasteiger partial charge in [-0.15, -0.1) is 0 Å². The van der Waals surface area contributed by atoms with Crippen LogP contribution in [0.15, 0.2) is 24.3 Å². The van der Waals surface area contributed by atoms with Crippen LogP contribution < -0.4 is 15.8 Å². The van der Waals surface area contributed by atoms with Crippen molar-refractivity contribution in [3.63, 3.8) is 0 Å². The van der Waals surface area contributed by atoms with E-state index in [2.05, 4.69) is 5.32 Å². The van der Waals surface area contributed by atoms with Gasteiger partial charge in [0.05, 0.1) is 24.8 Å². The molecule has 0 radical (unpaired) electrons. The second-order valence-electron chi connectivity index (χ2n) is 4.58. The lowest BCUT2D eigenvalue weighted by molar-refractivity contribution is -0.123. The molecule has 1 unspecified atom stereocenters. The molecule has 19 heavy (non-hydrogen) atoms. The quantitative estimate of drug-likeness (QED) is 0.600. The maximum Gasteiger partial charge on any atom is 0.222 e. The van der Waals surface area contributed by atoms with Crippen LogP contribution in [0.3, 0.4) is 0 Å². The molecule has 1 amide bonds. The van der Waals surface area contributed by atoms with Gasteiger partial charge in [0.1, 0.15) is 12.4 Å². The Hall–Kier alpha value is -1.75. The topological polar surface area (TPSA) is 73.6 Å². The van der Waals surface area contributed by atoms with Crippen LogP contribution in [-0.4, -0.2) is 31.8 Å². The van der Waals surface area contributed by atoms with Crippen LogP contribution in [0.2, 0.25) is 0 Å². The van der Waals surface area contributed by atoms with Crippen LogP contribution in [0.25, 0.3) is 0 Å². The highest BCUT2D eigenvalue weighted by atomic mass is 16.5. The predicted octanol–water partition coefficient (Wildman–Crippen LogP) is 1.33. The van der Waals surface area contributed by atoms with Gasteiger partial charge in [-0.25, -0.2) is 0 Å². The van der Waals surface area contributed by atoms with E-state index < -0.39 is 0 Å². The van der Waals surface area contributed by atoms with E-state index in [-0.39, 0.29) is 12.0 Å². The van der Waals surface area contributed by atoms with E-state index in [4.69, 9.17) is 15.2 Å². The van der Waals surface area contributed by atoms with Crippen molar-refractivity contribution >= 4 is 11.6 Å². The van der Waals surface area contributed by atoms with Gasteiger partial charge in [-0.3, -0.25) is 4.79 Å². The third-order valence-electron chi connectivity index (χ3n) is 3.04. The summed E-state index contributed by atoms with van der Waals surface area (Å²) in [6, 6.07) is 7.31. The molecule has 1 atom stereocenters. The fourth-order valence-corrected chi connectivity index (χ4v) is 2.05. The number of hydrogen-bond donors (Lipinski definition) is 2. The van der Waals surface area contributed by atoms with Crippen molar-refractivity contribution in [3.05, 3.63) is 24.3 Å². The normalized spacial score (nSPS) is 18.2. The number of hydrogen-bond acceptors (Lipinski definition) is 4. The summed E-state index contributed by atoms with van der Waals surface area (Å²) in [6.45, 7) is 1.65. The summed E-state index contributed by atoms with van der Waals surface area (Å²) in [5.41, 5.74) is 6.35. The van der Waals surface area contributed by atoms with Crippen molar-refractivity contribution in [3.8, 4) is 5.75 Å². The molecule has 1 heterocycles. The van der Waals surface area contributed by atoms with Gasteiger partial charge in [-0.2, -0.15) is 0 Å². The summed E-state index contributed by atoms with van der Waals surface area (Å²) in [5.74, 6) is 0.660. The minimum Gasteiger partial charge on any atom is -0.490 e. The van der Waals surface area contributed by atoms with E-state index in [1.54, 1.807) is 6.07 Å². The number of nitrogens with one attached hydrogen (secondary N) is 1. The number of anilines is 1. The zero-order valence-corrected chi connectivity index (χ0v) is 10.9. The third-order valence-corrected chi connectivity index (χ3v) is 3.04. The number of nitrogens with two attached hydrogens (primary N) is 1. The molecule has 1 aliphatic rings. The Labute approximate surface area is 113 Å². The lowest BCUT2D eigenvalue weighted by Gasteiger charge is -2.11. The Balaban J connectivity index is 1.61. The van der Waals surface area contributed by atoms with Crippen molar-refractivity contribution < 1.29 is 14.3 Å². The fraction of sp³-hybridized carbons (Fsp3) is 0.500. The molecule has 0 bridgehead atoms. The molecule has 0 aliphatic carbocycles. The first kappa shape index (κ1) is 13.7. The van der Waals surface area contributed by atoms with E-state index in [1.807, 2.05) is 18.2 Å². The van der Waals surface area contributed by atoms with Crippen molar-refractivity contribution in [2.24, 2.45) is 0 Å². The molecule has 3 N–H and O–H groups in total. The van der Waals surface area contributed by atoms with E-state index in [0.717, 1.165) is 19.4 Å². The molecular formula is C14H20N2O3. The van der Waals surface area contributed by atoms with Crippen LogP contribution in [0.4, 0.5) is 5.69 Å². The van der Waals surface area contributed by atoms with Gasteiger partial charge in [0.2, 0.25) is 5.91 Å². The summed E-state index contributed by atoms with van der Waals surface area (Å²) >= 11 is 0. The van der Waals surface area contributed by atoms with Gasteiger partial charge in [0.25, 0.3) is 0 Å². The summed E-state index contributed by atoms with van der Waals surface area (Å²) < 4.78 is 10.9. The van der Waals surface area contributed by atoms with Crippen molar-refractivity contribution in [1.29, 1.82) is 0 Å². The first-order valence-corrected chi connectivity index (χ1v) is 6.61. The number of carbonyl (C=O) groups excluding carboxylic acids is 1. The van der Waals surface area contributed by atoms with Crippen LogP contribution in [0.1, 0.15) is 19.3 Å². The Morgan fingerprint density at radius 1 is 1.47 bits per heavy atom. The Bertz CT molecular complexity index is 417. The largest absolute Gasteiger partial charge is 0.490 e. The average molecular weight is 264 g/mol. The lowest BCUT2D eigenvalue weighted by Crippen LogP contribution is -2.30. The van der Waals surface area contributed by atoms with Crippen molar-refractivity contribution in [1.82, 2.24) is 5.32 Å². The highest BCUT2D eigenvalue weighted by Crippen LogP contribution is 2.19. The van der Waals surface area contributed by atoms with Crippen LogP contribution in [0.5, 0.6) is 5.75 Å². The predicted molar refractivity (Wildman–Crippen MR) is 73.0 cm³/mol. The number of nitrogen functional groups attached to an aromatic ring is 1. The van der Waals surface area contributed by atoms with Gasteiger partial charge in [-0.1, -0.05) is 12.1 Å². The first-order valence-electron chi connectivity index (χ1n) is 6.61. The molecule has 0 spiro atoms. The second-order valence-corrected chi connectivity index (χ2v) is 4.58. The third kappa shape index (κ3) is 4.44. The summed E-state index contributed by atoms with van der Waals surface area (Å²) in [4.78, 5) is 11.6. The van der Waals surface area contributed by atoms with Crippen LogP contribution in [-0.2, 0) is 9.53 Å². The molecular weight excluding hydrogens is 244 g/mol. The second kappa shape index (κ2) is 6.99. The Morgan fingerprint density at radius 3 is 3.05 bits per heavy atom. The molecule has 0 saturated carbocycles. The molecule has 1 aromatic rings. The number of ether oxygens (including phenoxy) is 2. The minimum absolute atomic E-state index is 0.0107. The summed E-state index contributed by atoms with van der Waals surface area (Å²) in [5, 5.41) is 2.81. The number of amides is 1. The summed E-state index contributed by atoms with van der Waals surface area (Å²) in [6.07, 6.45) is 2.55. The first-order chi connectivity index (χ1) is 9.25. The lowest BCUT2D eigenvalue weighted by atomic mass is 10.2. The SMILES string of the molecule is Nc1ccccc1OCCNC(=O)CC1CCCO1. The van der Waals surface area contributed by atoms with Crippen molar-refractivity contribution in [2.75, 3.05) is 25.5 Å². The van der Waals surface area contributed by atoms with E-state index in [9.17, 15) is 4.79 Å². The van der Waals surface area contributed by atoms with E-state index in [1.165, 1.54) is 0 Å². The molecule has 1 saturated heterocycles. The maximum atomic E-state index is 11.6. The van der Waals surface area contributed by atoms with Gasteiger partial charge in [0, 0.05) is 6.61 Å². The van der Waals surface area contributed by atoms with E-state index >= 15 is 0 Å². The molecule has 1 fully saturated rings. The standard InChI is InChI=1S/C14H20N2O3/c15-12-5-1-2-6-13(12)19-9-7-16-14(17)10-11-4-3-8-18-11/h1-2,5-6,11H,3-4,7-10,15H2,(H,16,17). The molecule has 5 nitrogen and oxygen atoms in total. The van der Waals surface area contributed by atoms with Crippen LogP contribution >= 0.6 is 0 Å². The van der Waals surface area contributed by atoms with Gasteiger partial charge >= 0.3 is 0 Å². The smallest absolute Gasteiger partial charge is 0.222 e. The Morgan fingerprint density at radius 2 is 2.32 bits per heavy atom. The average Bonchev–Trinajstić information content (AvgIpc) is 2.89. The van der Waals surface area contributed by atoms with Gasteiger partial charge < -0.3 is 20.5 Å². The molecule has 5 heteroatoms. The highest BCUT2D eigenvalue weighted by Gasteiger charge is 2.18. The fourth-order valence-electron chi connectivity index (χ4n) is 2.05. The summed E-state index contributed by atoms with van der Waals surface area (Å²) in [7, 11) is 0. The number of carbonyl (C=O) groups is 1. The van der Waals surface area contributed by atoms with Crippen LogP contribution in [0, 0.1) is 0 Å². The van der Waals surface area contributed by atoms with Gasteiger partial charge in [-0.05, 0) is 25.0 Å². The van der Waals surface area contributed by atoms with Crippen molar-refractivity contribution in [2.45, 2.75) is 25.4 Å². The number of para-hydroxylation sites is 2.